The van der Waals surface area contributed by atoms with Crippen LogP contribution in [-0.4, -0.2) is 48.6 Å². The van der Waals surface area contributed by atoms with Gasteiger partial charge in [0.15, 0.2) is 11.6 Å². The first-order valence-electron chi connectivity index (χ1n) is 13.4. The van der Waals surface area contributed by atoms with Gasteiger partial charge in [0.05, 0.1) is 0 Å². The van der Waals surface area contributed by atoms with Crippen molar-refractivity contribution in [2.45, 2.75) is 39.0 Å². The van der Waals surface area contributed by atoms with E-state index in [-0.39, 0.29) is 17.5 Å². The third kappa shape index (κ3) is 5.99. The summed E-state index contributed by atoms with van der Waals surface area (Å²) >= 11 is 0. The highest BCUT2D eigenvalue weighted by atomic mass is 16.2. The molecular weight excluding hydrogens is 460 g/mol. The highest BCUT2D eigenvalue weighted by Crippen LogP contribution is 2.31. The topological polar surface area (TPSA) is 57.7 Å². The Hall–Kier alpha value is -3.73. The molecule has 37 heavy (non-hydrogen) atoms. The standard InChI is InChI=1S/C32H34N2O3/c1-2-3-23-4-8-26(9-5-23)31(36)27-10-6-24(7-11-27)22-30(35)25-14-16-29(17-15-25)33-18-20-34(21-19-33)32(37)28-12-13-28/h4-11,14-17,28H,2-3,12-13,18-22H2,1H3. The van der Waals surface area contributed by atoms with Crippen LogP contribution in [0.5, 0.6) is 0 Å². The molecule has 5 heteroatoms. The lowest BCUT2D eigenvalue weighted by molar-refractivity contribution is -0.132. The van der Waals surface area contributed by atoms with Gasteiger partial charge in [0, 0.05) is 60.9 Å². The van der Waals surface area contributed by atoms with Crippen LogP contribution in [0.3, 0.4) is 0 Å². The minimum absolute atomic E-state index is 0.00532. The van der Waals surface area contributed by atoms with Gasteiger partial charge in [-0.1, -0.05) is 61.9 Å². The fourth-order valence-corrected chi connectivity index (χ4v) is 4.97. The summed E-state index contributed by atoms with van der Waals surface area (Å²) < 4.78 is 0. The highest BCUT2D eigenvalue weighted by molar-refractivity contribution is 6.09. The van der Waals surface area contributed by atoms with E-state index in [1.54, 1.807) is 0 Å². The average molecular weight is 495 g/mol. The highest BCUT2D eigenvalue weighted by Gasteiger charge is 2.34. The fourth-order valence-electron chi connectivity index (χ4n) is 4.97. The number of anilines is 1. The second kappa shape index (κ2) is 11.1. The number of hydrogen-bond donors (Lipinski definition) is 0. The maximum absolute atomic E-state index is 12.9. The van der Waals surface area contributed by atoms with E-state index in [1.807, 2.05) is 77.7 Å². The average Bonchev–Trinajstić information content (AvgIpc) is 3.79. The number of ketones is 2. The largest absolute Gasteiger partial charge is 0.368 e. The van der Waals surface area contributed by atoms with E-state index in [0.29, 0.717) is 29.0 Å². The molecule has 1 heterocycles. The van der Waals surface area contributed by atoms with E-state index in [4.69, 9.17) is 0 Å². The molecule has 1 saturated carbocycles. The number of hydrogen-bond acceptors (Lipinski definition) is 4. The molecule has 0 radical (unpaired) electrons. The van der Waals surface area contributed by atoms with Crippen LogP contribution in [0.15, 0.2) is 72.8 Å². The molecule has 0 unspecified atom stereocenters. The van der Waals surface area contributed by atoms with E-state index in [2.05, 4.69) is 11.8 Å². The van der Waals surface area contributed by atoms with Crippen molar-refractivity contribution in [2.24, 2.45) is 5.92 Å². The molecule has 0 atom stereocenters. The van der Waals surface area contributed by atoms with Crippen molar-refractivity contribution < 1.29 is 14.4 Å². The molecule has 2 aliphatic rings. The minimum Gasteiger partial charge on any atom is -0.368 e. The minimum atomic E-state index is -0.00532. The molecule has 1 saturated heterocycles. The number of carbonyl (C=O) groups excluding carboxylic acids is 3. The number of rotatable bonds is 9. The van der Waals surface area contributed by atoms with Gasteiger partial charge in [0.2, 0.25) is 5.91 Å². The van der Waals surface area contributed by atoms with Crippen molar-refractivity contribution in [3.05, 3.63) is 101 Å². The number of benzene rings is 3. The summed E-state index contributed by atoms with van der Waals surface area (Å²) in [5.41, 5.74) is 5.20. The SMILES string of the molecule is CCCc1ccc(C(=O)c2ccc(CC(=O)c3ccc(N4CCN(C(=O)C5CC5)CC4)cc3)cc2)cc1. The third-order valence-corrected chi connectivity index (χ3v) is 7.41. The zero-order valence-electron chi connectivity index (χ0n) is 21.5. The van der Waals surface area contributed by atoms with Gasteiger partial charge in [-0.05, 0) is 54.7 Å². The Morgan fingerprint density at radius 2 is 1.24 bits per heavy atom. The van der Waals surface area contributed by atoms with Gasteiger partial charge in [-0.2, -0.15) is 0 Å². The normalized spacial score (nSPS) is 15.5. The molecule has 1 amide bonds. The molecule has 0 aromatic heterocycles. The molecule has 190 valence electrons. The Kier molecular flexibility index (Phi) is 7.50. The zero-order chi connectivity index (χ0) is 25.8. The summed E-state index contributed by atoms with van der Waals surface area (Å²) in [6, 6.07) is 22.9. The molecule has 0 spiro atoms. The van der Waals surface area contributed by atoms with Gasteiger partial charge in [0.25, 0.3) is 0 Å². The molecule has 0 bridgehead atoms. The van der Waals surface area contributed by atoms with E-state index >= 15 is 0 Å². The first kappa shape index (κ1) is 24.9. The number of amides is 1. The Balaban J connectivity index is 1.15. The Bertz CT molecular complexity index is 1250. The number of Topliss-reactive ketones (excluding diaryl/α,β-unsaturated/α-hetero) is 1. The lowest BCUT2D eigenvalue weighted by Crippen LogP contribution is -2.49. The Morgan fingerprint density at radius 1 is 0.703 bits per heavy atom. The van der Waals surface area contributed by atoms with Crippen LogP contribution in [-0.2, 0) is 17.6 Å². The van der Waals surface area contributed by atoms with Crippen molar-refractivity contribution in [2.75, 3.05) is 31.1 Å². The maximum atomic E-state index is 12.9. The summed E-state index contributed by atoms with van der Waals surface area (Å²) in [4.78, 5) is 42.3. The molecule has 1 aliphatic carbocycles. The molecule has 1 aliphatic heterocycles. The predicted octanol–water partition coefficient (Wildman–Crippen LogP) is 5.35. The second-order valence-corrected chi connectivity index (χ2v) is 10.2. The molecule has 5 rings (SSSR count). The first-order valence-corrected chi connectivity index (χ1v) is 13.4. The maximum Gasteiger partial charge on any atom is 0.225 e. The van der Waals surface area contributed by atoms with Crippen LogP contribution in [0, 0.1) is 5.92 Å². The zero-order valence-corrected chi connectivity index (χ0v) is 21.5. The van der Waals surface area contributed by atoms with Gasteiger partial charge in [0.1, 0.15) is 0 Å². The number of nitrogens with zero attached hydrogens (tertiary/aromatic N) is 2. The lowest BCUT2D eigenvalue weighted by Gasteiger charge is -2.36. The van der Waals surface area contributed by atoms with Crippen molar-refractivity contribution >= 4 is 23.2 Å². The van der Waals surface area contributed by atoms with Crippen LogP contribution in [0.25, 0.3) is 0 Å². The third-order valence-electron chi connectivity index (χ3n) is 7.41. The van der Waals surface area contributed by atoms with Crippen molar-refractivity contribution in [1.29, 1.82) is 0 Å². The fraction of sp³-hybridized carbons (Fsp3) is 0.344. The van der Waals surface area contributed by atoms with Gasteiger partial charge < -0.3 is 9.80 Å². The molecule has 3 aromatic rings. The molecule has 5 nitrogen and oxygen atoms in total. The predicted molar refractivity (Wildman–Crippen MR) is 146 cm³/mol. The first-order chi connectivity index (χ1) is 18.0. The molecule has 0 N–H and O–H groups in total. The quantitative estimate of drug-likeness (QED) is 0.376. The van der Waals surface area contributed by atoms with Crippen LogP contribution in [0.2, 0.25) is 0 Å². The summed E-state index contributed by atoms with van der Waals surface area (Å²) in [6.45, 7) is 5.31. The summed E-state index contributed by atoms with van der Waals surface area (Å²) in [5.74, 6) is 0.640. The smallest absolute Gasteiger partial charge is 0.225 e. The van der Waals surface area contributed by atoms with Crippen molar-refractivity contribution in [1.82, 2.24) is 4.90 Å². The number of carbonyl (C=O) groups is 3. The van der Waals surface area contributed by atoms with Crippen LogP contribution < -0.4 is 4.90 Å². The van der Waals surface area contributed by atoms with Crippen molar-refractivity contribution in [3.63, 3.8) is 0 Å². The van der Waals surface area contributed by atoms with Gasteiger partial charge in [-0.25, -0.2) is 0 Å². The van der Waals surface area contributed by atoms with Crippen LogP contribution >= 0.6 is 0 Å². The Morgan fingerprint density at radius 3 is 1.78 bits per heavy atom. The summed E-state index contributed by atoms with van der Waals surface area (Å²) in [5, 5.41) is 0. The lowest BCUT2D eigenvalue weighted by atomic mass is 9.98. The number of piperazine rings is 1. The van der Waals surface area contributed by atoms with Gasteiger partial charge in [-0.3, -0.25) is 14.4 Å². The summed E-state index contributed by atoms with van der Waals surface area (Å²) in [7, 11) is 0. The molecule has 2 fully saturated rings. The van der Waals surface area contributed by atoms with Crippen LogP contribution in [0.4, 0.5) is 5.69 Å². The van der Waals surface area contributed by atoms with Gasteiger partial charge >= 0.3 is 0 Å². The van der Waals surface area contributed by atoms with Gasteiger partial charge in [-0.15, -0.1) is 0 Å². The van der Waals surface area contributed by atoms with E-state index in [9.17, 15) is 14.4 Å². The van der Waals surface area contributed by atoms with Crippen molar-refractivity contribution in [3.8, 4) is 0 Å². The number of aryl methyl sites for hydroxylation is 1. The van der Waals surface area contributed by atoms with Crippen LogP contribution in [0.1, 0.15) is 63.6 Å². The summed E-state index contributed by atoms with van der Waals surface area (Å²) in [6.07, 6.45) is 4.48. The molecular formula is C32H34N2O3. The second-order valence-electron chi connectivity index (χ2n) is 10.2. The van der Waals surface area contributed by atoms with E-state index in [1.165, 1.54) is 5.56 Å². The van der Waals surface area contributed by atoms with E-state index in [0.717, 1.165) is 63.1 Å². The molecule has 3 aromatic carbocycles. The Labute approximate surface area is 219 Å². The monoisotopic (exact) mass is 494 g/mol. The van der Waals surface area contributed by atoms with E-state index < -0.39 is 0 Å².